The van der Waals surface area contributed by atoms with Crippen molar-refractivity contribution < 1.29 is 13.9 Å². The molecule has 24 heavy (non-hydrogen) atoms. The van der Waals surface area contributed by atoms with E-state index in [1.807, 2.05) is 49.4 Å². The van der Waals surface area contributed by atoms with Gasteiger partial charge in [-0.25, -0.2) is 0 Å². The van der Waals surface area contributed by atoms with Crippen molar-refractivity contribution >= 4 is 5.78 Å². The number of carbonyl (C=O) groups excluding carboxylic acids is 1. The Hall–Kier alpha value is -2.81. The summed E-state index contributed by atoms with van der Waals surface area (Å²) in [6, 6.07) is 17.8. The van der Waals surface area contributed by atoms with Crippen LogP contribution in [0.15, 0.2) is 59.0 Å². The van der Waals surface area contributed by atoms with Crippen molar-refractivity contribution in [1.29, 1.82) is 0 Å². The van der Waals surface area contributed by atoms with Crippen LogP contribution >= 0.6 is 0 Å². The summed E-state index contributed by atoms with van der Waals surface area (Å²) in [7, 11) is 1.64. The third-order valence-electron chi connectivity index (χ3n) is 4.10. The van der Waals surface area contributed by atoms with E-state index >= 15 is 0 Å². The molecule has 1 heterocycles. The van der Waals surface area contributed by atoms with E-state index in [9.17, 15) is 4.79 Å². The summed E-state index contributed by atoms with van der Waals surface area (Å²) in [6.07, 6.45) is 0.649. The van der Waals surface area contributed by atoms with E-state index in [0.717, 1.165) is 28.2 Å². The maximum atomic E-state index is 12.2. The summed E-state index contributed by atoms with van der Waals surface area (Å²) < 4.78 is 11.2. The summed E-state index contributed by atoms with van der Waals surface area (Å²) in [5, 5.41) is 0. The van der Waals surface area contributed by atoms with Crippen LogP contribution in [0.3, 0.4) is 0 Å². The van der Waals surface area contributed by atoms with E-state index in [1.54, 1.807) is 14.0 Å². The molecule has 0 atom stereocenters. The highest BCUT2D eigenvalue weighted by Gasteiger charge is 2.22. The van der Waals surface area contributed by atoms with Gasteiger partial charge in [0.05, 0.1) is 12.7 Å². The first-order valence-electron chi connectivity index (χ1n) is 7.91. The summed E-state index contributed by atoms with van der Waals surface area (Å²) in [5.41, 5.74) is 3.65. The second-order valence-electron chi connectivity index (χ2n) is 5.78. The fourth-order valence-corrected chi connectivity index (χ4v) is 2.99. The molecule has 0 N–H and O–H groups in total. The van der Waals surface area contributed by atoms with Crippen molar-refractivity contribution in [2.24, 2.45) is 0 Å². The molecule has 0 aliphatic rings. The molecule has 3 heteroatoms. The SMILES string of the molecule is COc1ccc(-c2c(Cc3ccccc3)oc(C)c2C(C)=O)cc1. The maximum absolute atomic E-state index is 12.2. The van der Waals surface area contributed by atoms with Crippen molar-refractivity contribution in [3.8, 4) is 16.9 Å². The first-order chi connectivity index (χ1) is 11.6. The van der Waals surface area contributed by atoms with Gasteiger partial charge in [-0.05, 0) is 37.1 Å². The van der Waals surface area contributed by atoms with Gasteiger partial charge in [-0.2, -0.15) is 0 Å². The second kappa shape index (κ2) is 6.75. The van der Waals surface area contributed by atoms with Gasteiger partial charge in [0.1, 0.15) is 17.3 Å². The van der Waals surface area contributed by atoms with Gasteiger partial charge >= 0.3 is 0 Å². The van der Waals surface area contributed by atoms with Crippen LogP contribution in [0.4, 0.5) is 0 Å². The Morgan fingerprint density at radius 3 is 2.29 bits per heavy atom. The molecular formula is C21H20O3. The predicted octanol–water partition coefficient (Wildman–Crippen LogP) is 5.06. The zero-order valence-corrected chi connectivity index (χ0v) is 14.1. The van der Waals surface area contributed by atoms with Crippen LogP contribution in [-0.4, -0.2) is 12.9 Å². The molecule has 122 valence electrons. The molecule has 0 radical (unpaired) electrons. The maximum Gasteiger partial charge on any atom is 0.163 e. The number of methoxy groups -OCH3 is 1. The number of hydrogen-bond donors (Lipinski definition) is 0. The number of Topliss-reactive ketones (excluding diaryl/α,β-unsaturated/α-hetero) is 1. The lowest BCUT2D eigenvalue weighted by molar-refractivity contribution is 0.101. The largest absolute Gasteiger partial charge is 0.497 e. The van der Waals surface area contributed by atoms with E-state index in [-0.39, 0.29) is 5.78 Å². The van der Waals surface area contributed by atoms with Crippen LogP contribution in [0.2, 0.25) is 0 Å². The predicted molar refractivity (Wildman–Crippen MR) is 94.7 cm³/mol. The van der Waals surface area contributed by atoms with Crippen LogP contribution in [0, 0.1) is 6.92 Å². The molecule has 0 aliphatic carbocycles. The second-order valence-corrected chi connectivity index (χ2v) is 5.78. The van der Waals surface area contributed by atoms with Gasteiger partial charge in [-0.3, -0.25) is 4.79 Å². The normalized spacial score (nSPS) is 10.6. The van der Waals surface area contributed by atoms with Gasteiger partial charge in [-0.15, -0.1) is 0 Å². The minimum absolute atomic E-state index is 0.0152. The molecule has 0 saturated carbocycles. The molecule has 1 aromatic heterocycles. The smallest absolute Gasteiger partial charge is 0.163 e. The van der Waals surface area contributed by atoms with Gasteiger partial charge in [-0.1, -0.05) is 42.5 Å². The molecule has 0 bridgehead atoms. The molecule has 0 fully saturated rings. The Labute approximate surface area is 141 Å². The van der Waals surface area contributed by atoms with Crippen molar-refractivity contribution in [1.82, 2.24) is 0 Å². The van der Waals surface area contributed by atoms with Crippen molar-refractivity contribution in [2.75, 3.05) is 7.11 Å². The molecule has 3 nitrogen and oxygen atoms in total. The van der Waals surface area contributed by atoms with Gasteiger partial charge in [0.15, 0.2) is 5.78 Å². The zero-order chi connectivity index (χ0) is 17.1. The lowest BCUT2D eigenvalue weighted by Crippen LogP contribution is -1.97. The molecule has 0 aliphatic heterocycles. The van der Waals surface area contributed by atoms with Crippen LogP contribution in [0.25, 0.3) is 11.1 Å². The quantitative estimate of drug-likeness (QED) is 0.617. The summed E-state index contributed by atoms with van der Waals surface area (Å²) in [4.78, 5) is 12.2. The average molecular weight is 320 g/mol. The lowest BCUT2D eigenvalue weighted by Gasteiger charge is -2.07. The van der Waals surface area contributed by atoms with E-state index < -0.39 is 0 Å². The minimum atomic E-state index is 0.0152. The third kappa shape index (κ3) is 3.11. The number of ether oxygens (including phenoxy) is 1. The van der Waals surface area contributed by atoms with Crippen molar-refractivity contribution in [3.63, 3.8) is 0 Å². The highest BCUT2D eigenvalue weighted by atomic mass is 16.5. The monoisotopic (exact) mass is 320 g/mol. The number of hydrogen-bond acceptors (Lipinski definition) is 3. The minimum Gasteiger partial charge on any atom is -0.497 e. The molecule has 0 spiro atoms. The number of rotatable bonds is 5. The van der Waals surface area contributed by atoms with Gasteiger partial charge in [0.25, 0.3) is 0 Å². The number of benzene rings is 2. The van der Waals surface area contributed by atoms with E-state index in [1.165, 1.54) is 0 Å². The first kappa shape index (κ1) is 16.1. The van der Waals surface area contributed by atoms with Crippen LogP contribution in [0.1, 0.15) is 34.4 Å². The molecule has 0 amide bonds. The van der Waals surface area contributed by atoms with Gasteiger partial charge in [0.2, 0.25) is 0 Å². The Morgan fingerprint density at radius 1 is 1.04 bits per heavy atom. The van der Waals surface area contributed by atoms with E-state index in [2.05, 4.69) is 12.1 Å². The Bertz CT molecular complexity index is 843. The Balaban J connectivity index is 2.11. The van der Waals surface area contributed by atoms with Crippen molar-refractivity contribution in [2.45, 2.75) is 20.3 Å². The highest BCUT2D eigenvalue weighted by molar-refractivity contribution is 6.02. The molecule has 3 rings (SSSR count). The van der Waals surface area contributed by atoms with Crippen LogP contribution in [0.5, 0.6) is 5.75 Å². The van der Waals surface area contributed by atoms with Crippen molar-refractivity contribution in [3.05, 3.63) is 77.2 Å². The molecule has 0 saturated heterocycles. The number of aryl methyl sites for hydroxylation is 1. The Morgan fingerprint density at radius 2 is 1.71 bits per heavy atom. The summed E-state index contributed by atoms with van der Waals surface area (Å²) in [6.45, 7) is 3.43. The molecular weight excluding hydrogens is 300 g/mol. The first-order valence-corrected chi connectivity index (χ1v) is 7.91. The number of carbonyl (C=O) groups is 1. The van der Waals surface area contributed by atoms with Gasteiger partial charge in [0, 0.05) is 12.0 Å². The van der Waals surface area contributed by atoms with E-state index in [4.69, 9.17) is 9.15 Å². The summed E-state index contributed by atoms with van der Waals surface area (Å²) >= 11 is 0. The Kier molecular flexibility index (Phi) is 4.52. The lowest BCUT2D eigenvalue weighted by atomic mass is 9.95. The zero-order valence-electron chi connectivity index (χ0n) is 14.1. The van der Waals surface area contributed by atoms with Gasteiger partial charge < -0.3 is 9.15 Å². The van der Waals surface area contributed by atoms with E-state index in [0.29, 0.717) is 17.7 Å². The fraction of sp³-hybridized carbons (Fsp3) is 0.190. The fourth-order valence-electron chi connectivity index (χ4n) is 2.99. The average Bonchev–Trinajstić information content (AvgIpc) is 2.92. The molecule has 0 unspecified atom stereocenters. The topological polar surface area (TPSA) is 39.4 Å². The van der Waals surface area contributed by atoms with Crippen LogP contribution < -0.4 is 4.74 Å². The number of furan rings is 1. The van der Waals surface area contributed by atoms with Crippen LogP contribution in [-0.2, 0) is 6.42 Å². The molecule has 3 aromatic rings. The summed E-state index contributed by atoms with van der Waals surface area (Å²) in [5.74, 6) is 2.28. The standard InChI is InChI=1S/C21H20O3/c1-14(22)20-15(2)24-19(13-16-7-5-4-6-8-16)21(20)17-9-11-18(23-3)12-10-17/h4-12H,13H2,1-3H3. The number of ketones is 1. The molecule has 2 aromatic carbocycles. The highest BCUT2D eigenvalue weighted by Crippen LogP contribution is 2.35. The third-order valence-corrected chi connectivity index (χ3v) is 4.10.